The standard InChI is InChI=1S/C15H12BrN5/c1-9-6-13-19-14(15(17)21(13)7-10(9)16)11-8-20-5-3-2-4-12(20)18-11/h2-8H,17H2,1H3. The normalized spacial score (nSPS) is 11.5. The van der Waals surface area contributed by atoms with Crippen LogP contribution in [0.4, 0.5) is 5.82 Å². The van der Waals surface area contributed by atoms with Crippen molar-refractivity contribution >= 4 is 33.0 Å². The lowest BCUT2D eigenvalue weighted by atomic mass is 10.3. The monoisotopic (exact) mass is 341 g/mol. The van der Waals surface area contributed by atoms with Crippen molar-refractivity contribution in [1.82, 2.24) is 18.8 Å². The third-order valence-electron chi connectivity index (χ3n) is 3.55. The van der Waals surface area contributed by atoms with Crippen molar-refractivity contribution in [3.8, 4) is 11.4 Å². The Kier molecular flexibility index (Phi) is 2.56. The summed E-state index contributed by atoms with van der Waals surface area (Å²) in [7, 11) is 0. The molecule has 0 saturated heterocycles. The molecule has 4 rings (SSSR count). The molecule has 21 heavy (non-hydrogen) atoms. The lowest BCUT2D eigenvalue weighted by Crippen LogP contribution is -1.95. The van der Waals surface area contributed by atoms with Crippen LogP contribution < -0.4 is 5.73 Å². The van der Waals surface area contributed by atoms with Gasteiger partial charge in [0.05, 0.1) is 0 Å². The van der Waals surface area contributed by atoms with Gasteiger partial charge in [-0.25, -0.2) is 9.97 Å². The maximum absolute atomic E-state index is 6.24. The highest BCUT2D eigenvalue weighted by Gasteiger charge is 2.15. The van der Waals surface area contributed by atoms with Crippen molar-refractivity contribution in [3.05, 3.63) is 52.9 Å². The summed E-state index contributed by atoms with van der Waals surface area (Å²) < 4.78 is 4.83. The molecule has 2 N–H and O–H groups in total. The Morgan fingerprint density at radius 3 is 2.81 bits per heavy atom. The SMILES string of the molecule is Cc1cc2nc(-c3cn4ccccc4n3)c(N)n2cc1Br. The first-order valence-corrected chi connectivity index (χ1v) is 7.30. The largest absolute Gasteiger partial charge is 0.383 e. The number of hydrogen-bond acceptors (Lipinski definition) is 3. The van der Waals surface area contributed by atoms with Crippen LogP contribution in [0.3, 0.4) is 0 Å². The van der Waals surface area contributed by atoms with E-state index in [1.54, 1.807) is 0 Å². The zero-order valence-electron chi connectivity index (χ0n) is 11.3. The van der Waals surface area contributed by atoms with Crippen LogP contribution in [0, 0.1) is 6.92 Å². The number of hydrogen-bond donors (Lipinski definition) is 1. The van der Waals surface area contributed by atoms with Crippen LogP contribution in [-0.2, 0) is 0 Å². The number of aromatic nitrogens is 4. The van der Waals surface area contributed by atoms with E-state index in [2.05, 4.69) is 25.9 Å². The Morgan fingerprint density at radius 1 is 1.14 bits per heavy atom. The molecular formula is C15H12BrN5. The van der Waals surface area contributed by atoms with E-state index in [4.69, 9.17) is 5.73 Å². The number of anilines is 1. The number of nitrogen functional groups attached to an aromatic ring is 1. The van der Waals surface area contributed by atoms with Crippen molar-refractivity contribution in [2.75, 3.05) is 5.73 Å². The quantitative estimate of drug-likeness (QED) is 0.577. The number of imidazole rings is 2. The summed E-state index contributed by atoms with van der Waals surface area (Å²) in [5.74, 6) is 0.592. The summed E-state index contributed by atoms with van der Waals surface area (Å²) in [4.78, 5) is 9.20. The van der Waals surface area contributed by atoms with Crippen molar-refractivity contribution in [3.63, 3.8) is 0 Å². The highest BCUT2D eigenvalue weighted by Crippen LogP contribution is 2.28. The zero-order valence-corrected chi connectivity index (χ0v) is 12.9. The number of nitrogens with two attached hydrogens (primary N) is 1. The summed E-state index contributed by atoms with van der Waals surface area (Å²) >= 11 is 3.52. The second-order valence-corrected chi connectivity index (χ2v) is 5.82. The molecule has 0 atom stereocenters. The van der Waals surface area contributed by atoms with E-state index in [-0.39, 0.29) is 0 Å². The Hall–Kier alpha value is -2.34. The molecule has 0 aliphatic rings. The van der Waals surface area contributed by atoms with Crippen molar-refractivity contribution < 1.29 is 0 Å². The fraction of sp³-hybridized carbons (Fsp3) is 0.0667. The van der Waals surface area contributed by atoms with Gasteiger partial charge >= 0.3 is 0 Å². The lowest BCUT2D eigenvalue weighted by molar-refractivity contribution is 1.16. The van der Waals surface area contributed by atoms with Crippen LogP contribution in [0.2, 0.25) is 0 Å². The number of fused-ring (bicyclic) bond motifs is 2. The van der Waals surface area contributed by atoms with Crippen LogP contribution in [0.5, 0.6) is 0 Å². The van der Waals surface area contributed by atoms with Crippen LogP contribution in [0.1, 0.15) is 5.56 Å². The zero-order chi connectivity index (χ0) is 14.6. The van der Waals surface area contributed by atoms with Crippen molar-refractivity contribution in [2.45, 2.75) is 6.92 Å². The van der Waals surface area contributed by atoms with Gasteiger partial charge in [-0.15, -0.1) is 0 Å². The van der Waals surface area contributed by atoms with Crippen LogP contribution >= 0.6 is 15.9 Å². The molecule has 5 nitrogen and oxygen atoms in total. The Bertz CT molecular complexity index is 949. The summed E-state index contributed by atoms with van der Waals surface area (Å²) in [5.41, 5.74) is 10.5. The van der Waals surface area contributed by atoms with Crippen LogP contribution in [-0.4, -0.2) is 18.8 Å². The first-order valence-electron chi connectivity index (χ1n) is 6.51. The highest BCUT2D eigenvalue weighted by molar-refractivity contribution is 9.10. The van der Waals surface area contributed by atoms with E-state index in [0.717, 1.165) is 27.0 Å². The minimum atomic E-state index is 0.592. The minimum absolute atomic E-state index is 0.592. The Labute approximate surface area is 129 Å². The van der Waals surface area contributed by atoms with Gasteiger partial charge in [-0.3, -0.25) is 4.40 Å². The van der Waals surface area contributed by atoms with Gasteiger partial charge in [-0.05, 0) is 46.6 Å². The molecule has 0 aliphatic carbocycles. The second kappa shape index (κ2) is 4.33. The van der Waals surface area contributed by atoms with E-state index in [1.807, 2.05) is 58.6 Å². The lowest BCUT2D eigenvalue weighted by Gasteiger charge is -2.00. The van der Waals surface area contributed by atoms with Gasteiger partial charge in [-0.2, -0.15) is 0 Å². The van der Waals surface area contributed by atoms with Gasteiger partial charge < -0.3 is 10.1 Å². The van der Waals surface area contributed by atoms with Gasteiger partial charge in [-0.1, -0.05) is 6.07 Å². The van der Waals surface area contributed by atoms with Crippen LogP contribution in [0.15, 0.2) is 47.3 Å². The maximum Gasteiger partial charge on any atom is 0.139 e. The number of aryl methyl sites for hydroxylation is 1. The minimum Gasteiger partial charge on any atom is -0.383 e. The molecule has 0 unspecified atom stereocenters. The maximum atomic E-state index is 6.24. The Balaban J connectivity index is 1.99. The van der Waals surface area contributed by atoms with Crippen molar-refractivity contribution in [2.24, 2.45) is 0 Å². The topological polar surface area (TPSA) is 60.6 Å². The van der Waals surface area contributed by atoms with Gasteiger partial charge in [0.1, 0.15) is 28.5 Å². The molecular weight excluding hydrogens is 330 g/mol. The molecule has 0 aromatic carbocycles. The third-order valence-corrected chi connectivity index (χ3v) is 4.38. The van der Waals surface area contributed by atoms with Gasteiger partial charge in [0, 0.05) is 23.1 Å². The van der Waals surface area contributed by atoms with Gasteiger partial charge in [0.2, 0.25) is 0 Å². The highest BCUT2D eigenvalue weighted by atomic mass is 79.9. The van der Waals surface area contributed by atoms with E-state index >= 15 is 0 Å². The molecule has 0 fully saturated rings. The van der Waals surface area contributed by atoms with E-state index in [1.165, 1.54) is 0 Å². The summed E-state index contributed by atoms with van der Waals surface area (Å²) in [6.07, 6.45) is 5.83. The second-order valence-electron chi connectivity index (χ2n) is 4.97. The number of rotatable bonds is 1. The van der Waals surface area contributed by atoms with E-state index in [9.17, 15) is 0 Å². The fourth-order valence-electron chi connectivity index (χ4n) is 2.42. The smallest absolute Gasteiger partial charge is 0.139 e. The van der Waals surface area contributed by atoms with Crippen LogP contribution in [0.25, 0.3) is 22.7 Å². The number of pyridine rings is 2. The molecule has 4 heterocycles. The molecule has 4 aromatic heterocycles. The van der Waals surface area contributed by atoms with Gasteiger partial charge in [0.15, 0.2) is 0 Å². The molecule has 4 aromatic rings. The third kappa shape index (κ3) is 1.83. The molecule has 0 bridgehead atoms. The van der Waals surface area contributed by atoms with E-state index < -0.39 is 0 Å². The number of halogens is 1. The molecule has 0 radical (unpaired) electrons. The predicted molar refractivity (Wildman–Crippen MR) is 86.2 cm³/mol. The predicted octanol–water partition coefficient (Wildman–Crippen LogP) is 3.30. The first-order chi connectivity index (χ1) is 10.1. The Morgan fingerprint density at radius 2 is 2.00 bits per heavy atom. The summed E-state index contributed by atoms with van der Waals surface area (Å²) in [5, 5.41) is 0. The molecule has 0 aliphatic heterocycles. The summed E-state index contributed by atoms with van der Waals surface area (Å²) in [6, 6.07) is 7.88. The summed E-state index contributed by atoms with van der Waals surface area (Å²) in [6.45, 7) is 2.03. The van der Waals surface area contributed by atoms with Gasteiger partial charge in [0.25, 0.3) is 0 Å². The fourth-order valence-corrected chi connectivity index (χ4v) is 2.73. The molecule has 104 valence electrons. The van der Waals surface area contributed by atoms with Crippen molar-refractivity contribution in [1.29, 1.82) is 0 Å². The average molecular weight is 342 g/mol. The molecule has 6 heteroatoms. The average Bonchev–Trinajstić information content (AvgIpc) is 3.02. The molecule has 0 spiro atoms. The number of nitrogens with zero attached hydrogens (tertiary/aromatic N) is 4. The van der Waals surface area contributed by atoms with E-state index in [0.29, 0.717) is 11.5 Å². The first kappa shape index (κ1) is 12.4. The molecule has 0 saturated carbocycles. The molecule has 0 amide bonds.